The average molecular weight is 332 g/mol. The van der Waals surface area contributed by atoms with Gasteiger partial charge in [0.15, 0.2) is 5.79 Å². The summed E-state index contributed by atoms with van der Waals surface area (Å²) in [6.07, 6.45) is 7.28. The normalized spacial score (nSPS) is 28.9. The first-order valence-electron chi connectivity index (χ1n) is 7.59. The molecule has 0 radical (unpaired) electrons. The third-order valence-electron chi connectivity index (χ3n) is 4.47. The molecule has 1 aliphatic carbocycles. The second-order valence-electron chi connectivity index (χ2n) is 6.46. The monoisotopic (exact) mass is 331 g/mol. The zero-order valence-corrected chi connectivity index (χ0v) is 14.0. The van der Waals surface area contributed by atoms with Gasteiger partial charge < -0.3 is 14.0 Å². The Kier molecular flexibility index (Phi) is 3.17. The highest BCUT2D eigenvalue weighted by Gasteiger charge is 2.50. The molecule has 120 valence electrons. The molecule has 0 N–H and O–H groups in total. The Morgan fingerprint density at radius 1 is 1.35 bits per heavy atom. The van der Waals surface area contributed by atoms with Crippen LogP contribution < -0.4 is 0 Å². The lowest BCUT2D eigenvalue weighted by Gasteiger charge is -2.22. The van der Waals surface area contributed by atoms with E-state index >= 15 is 0 Å². The zero-order valence-electron chi connectivity index (χ0n) is 13.3. The van der Waals surface area contributed by atoms with E-state index in [1.807, 2.05) is 33.0 Å². The van der Waals surface area contributed by atoms with Crippen molar-refractivity contribution in [2.75, 3.05) is 0 Å². The molecule has 5 nitrogen and oxygen atoms in total. The molecule has 1 aliphatic heterocycles. The van der Waals surface area contributed by atoms with Crippen LogP contribution in [0.5, 0.6) is 0 Å². The van der Waals surface area contributed by atoms with Crippen molar-refractivity contribution in [3.63, 3.8) is 0 Å². The zero-order chi connectivity index (χ0) is 16.4. The van der Waals surface area contributed by atoms with Crippen LogP contribution in [-0.4, -0.2) is 32.5 Å². The number of ether oxygens (including phenoxy) is 2. The number of hydrogen-bond acceptors (Lipinski definition) is 4. The maximum Gasteiger partial charge on any atom is 0.164 e. The van der Waals surface area contributed by atoms with E-state index in [9.17, 15) is 0 Å². The third kappa shape index (κ3) is 2.15. The maximum atomic E-state index is 6.24. The summed E-state index contributed by atoms with van der Waals surface area (Å²) >= 11 is 6.24. The van der Waals surface area contributed by atoms with Gasteiger partial charge in [-0.25, -0.2) is 9.97 Å². The number of fused-ring (bicyclic) bond motifs is 2. The molecule has 0 bridgehead atoms. The second kappa shape index (κ2) is 4.90. The van der Waals surface area contributed by atoms with Crippen molar-refractivity contribution in [2.45, 2.75) is 44.8 Å². The van der Waals surface area contributed by atoms with E-state index in [2.05, 4.69) is 27.2 Å². The summed E-state index contributed by atoms with van der Waals surface area (Å²) in [5, 5.41) is 1.35. The first-order valence-corrected chi connectivity index (χ1v) is 7.96. The Bertz CT molecular complexity index is 840. The molecular weight excluding hydrogens is 314 g/mol. The van der Waals surface area contributed by atoms with Crippen molar-refractivity contribution >= 4 is 22.6 Å². The van der Waals surface area contributed by atoms with Crippen molar-refractivity contribution in [1.29, 1.82) is 0 Å². The van der Waals surface area contributed by atoms with Gasteiger partial charge in [0.2, 0.25) is 0 Å². The minimum absolute atomic E-state index is 0.0167. The lowest BCUT2D eigenvalue weighted by Crippen LogP contribution is -2.27. The largest absolute Gasteiger partial charge is 0.342 e. The van der Waals surface area contributed by atoms with Gasteiger partial charge in [-0.1, -0.05) is 30.3 Å². The number of halogens is 1. The van der Waals surface area contributed by atoms with Gasteiger partial charge in [0.1, 0.15) is 29.3 Å². The summed E-state index contributed by atoms with van der Waals surface area (Å²) in [7, 11) is 0. The fourth-order valence-electron chi connectivity index (χ4n) is 3.56. The van der Waals surface area contributed by atoms with Gasteiger partial charge in [-0.3, -0.25) is 0 Å². The van der Waals surface area contributed by atoms with E-state index in [4.69, 9.17) is 21.1 Å². The van der Waals surface area contributed by atoms with Crippen LogP contribution in [0.3, 0.4) is 0 Å². The van der Waals surface area contributed by atoms with Gasteiger partial charge in [0.05, 0.1) is 11.4 Å². The second-order valence-corrected chi connectivity index (χ2v) is 6.82. The molecule has 2 aromatic rings. The van der Waals surface area contributed by atoms with Crippen LogP contribution in [0.2, 0.25) is 5.15 Å². The van der Waals surface area contributed by atoms with Gasteiger partial charge in [-0.2, -0.15) is 0 Å². The summed E-state index contributed by atoms with van der Waals surface area (Å²) < 4.78 is 14.3. The highest BCUT2D eigenvalue weighted by Crippen LogP contribution is 2.44. The van der Waals surface area contributed by atoms with Crippen molar-refractivity contribution in [3.05, 3.63) is 47.5 Å². The fourth-order valence-corrected chi connectivity index (χ4v) is 3.84. The van der Waals surface area contributed by atoms with Crippen molar-refractivity contribution in [3.8, 4) is 0 Å². The van der Waals surface area contributed by atoms with Gasteiger partial charge in [0.25, 0.3) is 0 Å². The molecule has 1 fully saturated rings. The molecule has 0 spiro atoms. The first-order chi connectivity index (χ1) is 10.9. The molecule has 2 aromatic heterocycles. The first kappa shape index (κ1) is 14.9. The van der Waals surface area contributed by atoms with Gasteiger partial charge >= 0.3 is 0 Å². The molecule has 4 rings (SSSR count). The van der Waals surface area contributed by atoms with E-state index in [1.165, 1.54) is 6.33 Å². The molecule has 3 heterocycles. The third-order valence-corrected chi connectivity index (χ3v) is 4.75. The van der Waals surface area contributed by atoms with Crippen LogP contribution >= 0.6 is 11.6 Å². The van der Waals surface area contributed by atoms with E-state index in [0.29, 0.717) is 5.15 Å². The van der Waals surface area contributed by atoms with Crippen LogP contribution in [0, 0.1) is 6.92 Å². The van der Waals surface area contributed by atoms with Crippen molar-refractivity contribution in [1.82, 2.24) is 14.5 Å². The van der Waals surface area contributed by atoms with Gasteiger partial charge in [0, 0.05) is 6.20 Å². The van der Waals surface area contributed by atoms with Crippen LogP contribution in [-0.2, 0) is 9.47 Å². The predicted molar refractivity (Wildman–Crippen MR) is 88.4 cm³/mol. The number of rotatable bonds is 2. The lowest BCUT2D eigenvalue weighted by atomic mass is 10.1. The van der Waals surface area contributed by atoms with Crippen molar-refractivity contribution in [2.24, 2.45) is 0 Å². The molecule has 0 amide bonds. The van der Waals surface area contributed by atoms with Crippen LogP contribution in [0.15, 0.2) is 36.8 Å². The Morgan fingerprint density at radius 2 is 2.13 bits per heavy atom. The maximum absolute atomic E-state index is 6.24. The summed E-state index contributed by atoms with van der Waals surface area (Å²) in [5.74, 6) is -0.610. The Balaban J connectivity index is 1.87. The number of hydrogen-bond donors (Lipinski definition) is 0. The minimum Gasteiger partial charge on any atom is -0.342 e. The van der Waals surface area contributed by atoms with E-state index in [1.54, 1.807) is 0 Å². The van der Waals surface area contributed by atoms with Crippen LogP contribution in [0.1, 0.15) is 25.5 Å². The molecule has 3 atom stereocenters. The summed E-state index contributed by atoms with van der Waals surface area (Å²) in [5.41, 5.74) is 2.90. The summed E-state index contributed by atoms with van der Waals surface area (Å²) in [6, 6.07) is -0.0167. The SMILES string of the molecule is C=CC1=C[C@@H](n2cc(C)c3c(Cl)ncnc32)[C@@H]2OC(C)(C)O[C@H]12. The molecule has 0 aromatic carbocycles. The molecule has 0 saturated carbocycles. The number of aryl methyl sites for hydroxylation is 1. The Hall–Kier alpha value is -1.69. The molecule has 1 saturated heterocycles. The van der Waals surface area contributed by atoms with E-state index in [0.717, 1.165) is 22.2 Å². The fraction of sp³-hybridized carbons (Fsp3) is 0.412. The number of nitrogens with zero attached hydrogens (tertiary/aromatic N) is 3. The minimum atomic E-state index is -0.610. The topological polar surface area (TPSA) is 49.2 Å². The molecule has 23 heavy (non-hydrogen) atoms. The average Bonchev–Trinajstić information content (AvgIpc) is 3.08. The van der Waals surface area contributed by atoms with E-state index < -0.39 is 5.79 Å². The predicted octanol–water partition coefficient (Wildman–Crippen LogP) is 3.58. The van der Waals surface area contributed by atoms with Gasteiger partial charge in [-0.05, 0) is 31.9 Å². The van der Waals surface area contributed by atoms with Crippen LogP contribution in [0.25, 0.3) is 11.0 Å². The molecule has 2 aliphatic rings. The highest BCUT2D eigenvalue weighted by atomic mass is 35.5. The lowest BCUT2D eigenvalue weighted by molar-refractivity contribution is -0.147. The molecule has 6 heteroatoms. The Morgan fingerprint density at radius 3 is 2.87 bits per heavy atom. The molecule has 0 unspecified atom stereocenters. The smallest absolute Gasteiger partial charge is 0.164 e. The van der Waals surface area contributed by atoms with E-state index in [-0.39, 0.29) is 18.2 Å². The highest BCUT2D eigenvalue weighted by molar-refractivity contribution is 6.34. The Labute approximate surface area is 139 Å². The van der Waals surface area contributed by atoms with Crippen molar-refractivity contribution < 1.29 is 9.47 Å². The van der Waals surface area contributed by atoms with Gasteiger partial charge in [-0.15, -0.1) is 0 Å². The molecular formula is C17H18ClN3O2. The standard InChI is InChI=1S/C17H18ClN3O2/c1-5-10-6-11(14-13(10)22-17(3,4)23-14)21-7-9(2)12-15(18)19-8-20-16(12)21/h5-8,11,13-14H,1H2,2-4H3/t11-,13-,14+/m1/s1. The summed E-state index contributed by atoms with van der Waals surface area (Å²) in [4.78, 5) is 8.51. The van der Waals surface area contributed by atoms with Crippen LogP contribution in [0.4, 0.5) is 0 Å². The summed E-state index contributed by atoms with van der Waals surface area (Å²) in [6.45, 7) is 9.77. The number of aromatic nitrogens is 3. The quantitative estimate of drug-likeness (QED) is 0.789.